The third-order valence-corrected chi connectivity index (χ3v) is 6.06. The Bertz CT molecular complexity index is 648. The molecule has 10 heteroatoms. The summed E-state index contributed by atoms with van der Waals surface area (Å²) in [6.07, 6.45) is 0. The van der Waals surface area contributed by atoms with E-state index in [1.165, 1.54) is 12.1 Å². The van der Waals surface area contributed by atoms with E-state index in [-0.39, 0.29) is 22.3 Å². The first-order chi connectivity index (χ1) is 8.80. The molecule has 0 unspecified atom stereocenters. The van der Waals surface area contributed by atoms with E-state index in [1.807, 2.05) is 5.32 Å². The van der Waals surface area contributed by atoms with E-state index in [1.54, 1.807) is 0 Å². The second kappa shape index (κ2) is 4.96. The molecular weight excluding hydrogens is 310 g/mol. The Morgan fingerprint density at radius 2 is 1.89 bits per heavy atom. The minimum Gasteiger partial charge on any atom is -0.389 e. The van der Waals surface area contributed by atoms with Crippen LogP contribution >= 0.6 is 23.6 Å². The van der Waals surface area contributed by atoms with Crippen molar-refractivity contribution in [1.82, 2.24) is 9.62 Å². The van der Waals surface area contributed by atoms with Crippen molar-refractivity contribution in [1.29, 1.82) is 0 Å². The Morgan fingerprint density at radius 3 is 2.37 bits per heavy atom. The zero-order valence-electron chi connectivity index (χ0n) is 9.45. The molecule has 1 saturated heterocycles. The lowest BCUT2D eigenvalue weighted by Gasteiger charge is -2.23. The van der Waals surface area contributed by atoms with Crippen LogP contribution in [-0.4, -0.2) is 42.6 Å². The number of sulfonamides is 1. The molecule has 102 valence electrons. The molecule has 1 fully saturated rings. The van der Waals surface area contributed by atoms with Gasteiger partial charge in [0.15, 0.2) is 0 Å². The van der Waals surface area contributed by atoms with Gasteiger partial charge in [-0.2, -0.15) is 4.31 Å². The maximum absolute atomic E-state index is 12.2. The van der Waals surface area contributed by atoms with Crippen LogP contribution in [0.3, 0.4) is 0 Å². The number of carbonyl (C=O) groups is 2. The van der Waals surface area contributed by atoms with Crippen LogP contribution in [0.2, 0.25) is 0 Å². The Balaban J connectivity index is 2.33. The number of rotatable bonds is 3. The number of nitrogens with one attached hydrogen (secondary N) is 1. The van der Waals surface area contributed by atoms with Gasteiger partial charge in [0.25, 0.3) is 10.0 Å². The minimum absolute atomic E-state index is 0.00204. The van der Waals surface area contributed by atoms with Crippen LogP contribution in [-0.2, 0) is 19.6 Å². The number of amides is 2. The highest BCUT2D eigenvalue weighted by Gasteiger charge is 2.33. The van der Waals surface area contributed by atoms with Crippen LogP contribution in [0.4, 0.5) is 0 Å². The summed E-state index contributed by atoms with van der Waals surface area (Å²) in [6, 6.07) is 2.84. The molecule has 0 radical (unpaired) electrons. The van der Waals surface area contributed by atoms with E-state index in [0.717, 1.165) is 15.6 Å². The molecule has 2 rings (SSSR count). The lowest BCUT2D eigenvalue weighted by Crippen LogP contribution is -2.53. The molecule has 7 nitrogen and oxygen atoms in total. The molecule has 0 atom stereocenters. The summed E-state index contributed by atoms with van der Waals surface area (Å²) in [4.78, 5) is 23.0. The standard InChI is InChI=1S/C9H9N3O4S3/c10-9(17)5-1-2-8(18-5)19(15,16)12-3-6(13)11-7(14)4-12/h1-2H,3-4H2,(H2,10,17)(H,11,13,14). The highest BCUT2D eigenvalue weighted by Crippen LogP contribution is 2.25. The van der Waals surface area contributed by atoms with Gasteiger partial charge in [-0.1, -0.05) is 12.2 Å². The fraction of sp³-hybridized carbons (Fsp3) is 0.222. The largest absolute Gasteiger partial charge is 0.389 e. The van der Waals surface area contributed by atoms with E-state index in [4.69, 9.17) is 18.0 Å². The number of hydrogen-bond acceptors (Lipinski definition) is 6. The zero-order chi connectivity index (χ0) is 14.2. The van der Waals surface area contributed by atoms with Crippen molar-refractivity contribution < 1.29 is 18.0 Å². The molecule has 19 heavy (non-hydrogen) atoms. The Labute approximate surface area is 118 Å². The van der Waals surface area contributed by atoms with Crippen molar-refractivity contribution in [2.75, 3.05) is 13.1 Å². The summed E-state index contributed by atoms with van der Waals surface area (Å²) < 4.78 is 25.3. The van der Waals surface area contributed by atoms with Crippen LogP contribution in [0.25, 0.3) is 0 Å². The molecule has 1 aliphatic heterocycles. The summed E-state index contributed by atoms with van der Waals surface area (Å²) >= 11 is 5.66. The molecule has 1 aromatic heterocycles. The van der Waals surface area contributed by atoms with Crippen molar-refractivity contribution in [2.45, 2.75) is 4.21 Å². The first-order valence-electron chi connectivity index (χ1n) is 5.03. The zero-order valence-corrected chi connectivity index (χ0v) is 11.9. The smallest absolute Gasteiger partial charge is 0.253 e. The predicted molar refractivity (Wildman–Crippen MR) is 72.1 cm³/mol. The minimum atomic E-state index is -3.89. The maximum atomic E-state index is 12.2. The van der Waals surface area contributed by atoms with Crippen molar-refractivity contribution in [2.24, 2.45) is 5.73 Å². The third kappa shape index (κ3) is 2.81. The van der Waals surface area contributed by atoms with E-state index >= 15 is 0 Å². The molecule has 0 saturated carbocycles. The van der Waals surface area contributed by atoms with Gasteiger partial charge in [0, 0.05) is 0 Å². The van der Waals surface area contributed by atoms with Crippen molar-refractivity contribution in [3.63, 3.8) is 0 Å². The molecule has 3 N–H and O–H groups in total. The van der Waals surface area contributed by atoms with E-state index in [9.17, 15) is 18.0 Å². The van der Waals surface area contributed by atoms with Crippen LogP contribution in [0.15, 0.2) is 16.3 Å². The molecule has 2 heterocycles. The van der Waals surface area contributed by atoms with Gasteiger partial charge in [0.05, 0.1) is 18.0 Å². The number of thiophene rings is 1. The molecule has 0 aromatic carbocycles. The van der Waals surface area contributed by atoms with Crippen molar-refractivity contribution >= 4 is 50.4 Å². The highest BCUT2D eigenvalue weighted by molar-refractivity contribution is 7.91. The van der Waals surface area contributed by atoms with Gasteiger partial charge in [0.1, 0.15) is 9.20 Å². The second-order valence-corrected chi connectivity index (χ2v) is 7.42. The molecule has 0 aliphatic carbocycles. The average molecular weight is 319 g/mol. The van der Waals surface area contributed by atoms with Crippen LogP contribution < -0.4 is 11.1 Å². The Hall–Kier alpha value is -1.36. The van der Waals surface area contributed by atoms with Gasteiger partial charge in [-0.05, 0) is 12.1 Å². The molecule has 2 amide bonds. The number of piperazine rings is 1. The summed E-state index contributed by atoms with van der Waals surface area (Å²) in [6.45, 7) is -0.761. The lowest BCUT2D eigenvalue weighted by molar-refractivity contribution is -0.134. The van der Waals surface area contributed by atoms with Crippen LogP contribution in [0, 0.1) is 0 Å². The first kappa shape index (κ1) is 14.1. The van der Waals surface area contributed by atoms with Gasteiger partial charge in [0.2, 0.25) is 11.8 Å². The second-order valence-electron chi connectivity index (χ2n) is 3.73. The van der Waals surface area contributed by atoms with E-state index < -0.39 is 21.8 Å². The van der Waals surface area contributed by atoms with Gasteiger partial charge in [-0.3, -0.25) is 14.9 Å². The Morgan fingerprint density at radius 1 is 1.32 bits per heavy atom. The van der Waals surface area contributed by atoms with Crippen molar-refractivity contribution in [3.05, 3.63) is 17.0 Å². The van der Waals surface area contributed by atoms with Crippen LogP contribution in [0.5, 0.6) is 0 Å². The van der Waals surface area contributed by atoms with Gasteiger partial charge < -0.3 is 5.73 Å². The highest BCUT2D eigenvalue weighted by atomic mass is 32.2. The average Bonchev–Trinajstić information content (AvgIpc) is 2.77. The number of carbonyl (C=O) groups excluding carboxylic acids is 2. The van der Waals surface area contributed by atoms with E-state index in [2.05, 4.69) is 0 Å². The Kier molecular flexibility index (Phi) is 3.67. The number of thiocarbonyl (C=S) groups is 1. The van der Waals surface area contributed by atoms with Crippen LogP contribution in [0.1, 0.15) is 4.88 Å². The summed E-state index contributed by atoms with van der Waals surface area (Å²) in [5.41, 5.74) is 5.41. The number of imide groups is 1. The molecule has 1 aromatic rings. The summed E-state index contributed by atoms with van der Waals surface area (Å²) in [5.74, 6) is -1.29. The van der Waals surface area contributed by atoms with Gasteiger partial charge in [-0.15, -0.1) is 11.3 Å². The molecule has 1 aliphatic rings. The quantitative estimate of drug-likeness (QED) is 0.548. The number of nitrogens with zero attached hydrogens (tertiary/aromatic N) is 1. The summed E-state index contributed by atoms with van der Waals surface area (Å²) in [5, 5.41) is 2.03. The molecular formula is C9H9N3O4S3. The molecule has 0 bridgehead atoms. The number of hydrogen-bond donors (Lipinski definition) is 2. The third-order valence-electron chi connectivity index (χ3n) is 2.34. The predicted octanol–water partition coefficient (Wildman–Crippen LogP) is -0.971. The van der Waals surface area contributed by atoms with Gasteiger partial charge >= 0.3 is 0 Å². The van der Waals surface area contributed by atoms with Gasteiger partial charge in [-0.25, -0.2) is 8.42 Å². The lowest BCUT2D eigenvalue weighted by atomic mass is 10.4. The fourth-order valence-corrected chi connectivity index (χ4v) is 4.36. The first-order valence-corrected chi connectivity index (χ1v) is 7.69. The normalized spacial score (nSPS) is 17.3. The molecule has 0 spiro atoms. The summed E-state index contributed by atoms with van der Waals surface area (Å²) in [7, 11) is -3.89. The topological polar surface area (TPSA) is 110 Å². The maximum Gasteiger partial charge on any atom is 0.253 e. The monoisotopic (exact) mass is 319 g/mol. The SMILES string of the molecule is NC(=S)c1ccc(S(=O)(=O)N2CC(=O)NC(=O)C2)s1. The van der Waals surface area contributed by atoms with E-state index in [0.29, 0.717) is 4.88 Å². The number of nitrogens with two attached hydrogens (primary N) is 1. The fourth-order valence-electron chi connectivity index (χ4n) is 1.50. The van der Waals surface area contributed by atoms with Crippen molar-refractivity contribution in [3.8, 4) is 0 Å².